The van der Waals surface area contributed by atoms with Gasteiger partial charge in [-0.05, 0) is 19.2 Å². The van der Waals surface area contributed by atoms with Gasteiger partial charge in [-0.3, -0.25) is 4.90 Å². The minimum absolute atomic E-state index is 0.00580. The number of hydrogen-bond donors (Lipinski definition) is 0. The van der Waals surface area contributed by atoms with Crippen molar-refractivity contribution < 1.29 is 13.5 Å². The summed E-state index contributed by atoms with van der Waals surface area (Å²) in [4.78, 5) is 3.83. The number of morpholine rings is 1. The SMILES string of the molecule is CN1CCOC2CN(c3c(F)cc(C#N)cc3F)CC21. The van der Waals surface area contributed by atoms with Crippen LogP contribution in [-0.4, -0.2) is 50.3 Å². The second-order valence-corrected chi connectivity index (χ2v) is 5.26. The summed E-state index contributed by atoms with van der Waals surface area (Å²) in [6.07, 6.45) is -0.0248. The molecule has 1 aromatic carbocycles. The third-order valence-corrected chi connectivity index (χ3v) is 4.04. The lowest BCUT2D eigenvalue weighted by molar-refractivity contribution is -0.0362. The standard InChI is InChI=1S/C14H15F2N3O/c1-18-2-3-20-13-8-19(7-12(13)18)14-10(15)4-9(6-17)5-11(14)16/h4-5,12-13H,2-3,7-8H2,1H3. The number of halogens is 2. The lowest BCUT2D eigenvalue weighted by Gasteiger charge is -2.33. The van der Waals surface area contributed by atoms with Crippen LogP contribution in [0.2, 0.25) is 0 Å². The van der Waals surface area contributed by atoms with E-state index in [-0.39, 0.29) is 23.4 Å². The first-order valence-electron chi connectivity index (χ1n) is 6.56. The van der Waals surface area contributed by atoms with Gasteiger partial charge < -0.3 is 9.64 Å². The average molecular weight is 279 g/mol. The summed E-state index contributed by atoms with van der Waals surface area (Å²) in [5.41, 5.74) is -0.0656. The molecule has 2 fully saturated rings. The normalized spacial score (nSPS) is 26.4. The third-order valence-electron chi connectivity index (χ3n) is 4.04. The van der Waals surface area contributed by atoms with Crippen molar-refractivity contribution in [3.63, 3.8) is 0 Å². The monoisotopic (exact) mass is 279 g/mol. The highest BCUT2D eigenvalue weighted by Gasteiger charge is 2.40. The molecule has 2 aliphatic heterocycles. The topological polar surface area (TPSA) is 39.5 Å². The summed E-state index contributed by atoms with van der Waals surface area (Å²) in [5.74, 6) is -1.38. The summed E-state index contributed by atoms with van der Waals surface area (Å²) in [5, 5.41) is 8.72. The van der Waals surface area contributed by atoms with Crippen LogP contribution in [0, 0.1) is 23.0 Å². The van der Waals surface area contributed by atoms with E-state index in [0.29, 0.717) is 19.7 Å². The first-order valence-corrected chi connectivity index (χ1v) is 6.56. The van der Waals surface area contributed by atoms with Crippen LogP contribution >= 0.6 is 0 Å². The molecule has 0 aliphatic carbocycles. The predicted molar refractivity (Wildman–Crippen MR) is 69.4 cm³/mol. The molecule has 0 saturated carbocycles. The Balaban J connectivity index is 1.90. The van der Waals surface area contributed by atoms with Gasteiger partial charge in [-0.1, -0.05) is 0 Å². The maximum absolute atomic E-state index is 14.0. The van der Waals surface area contributed by atoms with E-state index in [4.69, 9.17) is 10.00 Å². The van der Waals surface area contributed by atoms with Crippen molar-refractivity contribution in [3.8, 4) is 6.07 Å². The number of ether oxygens (including phenoxy) is 1. The fraction of sp³-hybridized carbons (Fsp3) is 0.500. The number of rotatable bonds is 1. The lowest BCUT2D eigenvalue weighted by Crippen LogP contribution is -2.48. The second-order valence-electron chi connectivity index (χ2n) is 5.26. The Bertz CT molecular complexity index is 549. The van der Waals surface area contributed by atoms with Crippen molar-refractivity contribution in [3.05, 3.63) is 29.3 Å². The van der Waals surface area contributed by atoms with E-state index in [1.807, 2.05) is 7.05 Å². The van der Waals surface area contributed by atoms with Crippen LogP contribution in [0.25, 0.3) is 0 Å². The number of benzene rings is 1. The molecular formula is C14H15F2N3O. The summed E-state index contributed by atoms with van der Waals surface area (Å²) >= 11 is 0. The van der Waals surface area contributed by atoms with Crippen LogP contribution < -0.4 is 4.90 Å². The van der Waals surface area contributed by atoms with Crippen molar-refractivity contribution in [2.45, 2.75) is 12.1 Å². The zero-order chi connectivity index (χ0) is 14.3. The van der Waals surface area contributed by atoms with Crippen LogP contribution in [0.15, 0.2) is 12.1 Å². The van der Waals surface area contributed by atoms with E-state index in [0.717, 1.165) is 18.7 Å². The Morgan fingerprint density at radius 1 is 1.30 bits per heavy atom. The molecule has 4 nitrogen and oxygen atoms in total. The molecule has 3 rings (SSSR count). The molecule has 0 spiro atoms. The van der Waals surface area contributed by atoms with Gasteiger partial charge in [0, 0.05) is 19.6 Å². The fourth-order valence-electron chi connectivity index (χ4n) is 2.97. The van der Waals surface area contributed by atoms with Gasteiger partial charge in [-0.2, -0.15) is 5.26 Å². The molecule has 0 N–H and O–H groups in total. The van der Waals surface area contributed by atoms with E-state index in [1.165, 1.54) is 0 Å². The van der Waals surface area contributed by atoms with Gasteiger partial charge in [-0.25, -0.2) is 8.78 Å². The Labute approximate surface area is 116 Å². The van der Waals surface area contributed by atoms with E-state index in [9.17, 15) is 8.78 Å². The Morgan fingerprint density at radius 2 is 2.00 bits per heavy atom. The smallest absolute Gasteiger partial charge is 0.150 e. The van der Waals surface area contributed by atoms with Gasteiger partial charge in [0.1, 0.15) is 5.69 Å². The number of likely N-dealkylation sites (N-methyl/N-ethyl adjacent to an activating group) is 1. The Hall–Kier alpha value is -1.71. The van der Waals surface area contributed by atoms with Crippen LogP contribution in [0.5, 0.6) is 0 Å². The number of anilines is 1. The summed E-state index contributed by atoms with van der Waals surface area (Å²) in [6, 6.07) is 4.05. The van der Waals surface area contributed by atoms with Gasteiger partial charge in [-0.15, -0.1) is 0 Å². The molecule has 1 aromatic rings. The highest BCUT2D eigenvalue weighted by molar-refractivity contribution is 5.54. The van der Waals surface area contributed by atoms with E-state index >= 15 is 0 Å². The van der Waals surface area contributed by atoms with Gasteiger partial charge >= 0.3 is 0 Å². The van der Waals surface area contributed by atoms with Gasteiger partial charge in [0.05, 0.1) is 30.4 Å². The molecular weight excluding hydrogens is 264 g/mol. The predicted octanol–water partition coefficient (Wildman–Crippen LogP) is 1.36. The highest BCUT2D eigenvalue weighted by atomic mass is 19.1. The quantitative estimate of drug-likeness (QED) is 0.778. The van der Waals surface area contributed by atoms with E-state index in [1.54, 1.807) is 11.0 Å². The van der Waals surface area contributed by atoms with E-state index < -0.39 is 11.6 Å². The maximum Gasteiger partial charge on any atom is 0.150 e. The molecule has 106 valence electrons. The van der Waals surface area contributed by atoms with Gasteiger partial charge in [0.15, 0.2) is 11.6 Å². The molecule has 2 unspecified atom stereocenters. The molecule has 6 heteroatoms. The van der Waals surface area contributed by atoms with Gasteiger partial charge in [0.25, 0.3) is 0 Å². The first-order chi connectivity index (χ1) is 9.60. The fourth-order valence-corrected chi connectivity index (χ4v) is 2.97. The number of fused-ring (bicyclic) bond motifs is 1. The van der Waals surface area contributed by atoms with Crippen molar-refractivity contribution in [1.29, 1.82) is 5.26 Å². The molecule has 0 aromatic heterocycles. The molecule has 2 heterocycles. The molecule has 2 atom stereocenters. The summed E-state index contributed by atoms with van der Waals surface area (Å²) in [7, 11) is 2.00. The minimum atomic E-state index is -0.692. The van der Waals surface area contributed by atoms with E-state index in [2.05, 4.69) is 4.90 Å². The lowest BCUT2D eigenvalue weighted by atomic mass is 10.1. The van der Waals surface area contributed by atoms with Crippen molar-refractivity contribution in [2.75, 3.05) is 38.2 Å². The average Bonchev–Trinajstić information content (AvgIpc) is 2.82. The molecule has 2 saturated heterocycles. The van der Waals surface area contributed by atoms with Crippen molar-refractivity contribution >= 4 is 5.69 Å². The maximum atomic E-state index is 14.0. The molecule has 20 heavy (non-hydrogen) atoms. The summed E-state index contributed by atoms with van der Waals surface area (Å²) < 4.78 is 33.7. The molecule has 2 aliphatic rings. The number of hydrogen-bond acceptors (Lipinski definition) is 4. The Kier molecular flexibility index (Phi) is 3.32. The molecule has 0 bridgehead atoms. The number of nitrogens with zero attached hydrogens (tertiary/aromatic N) is 3. The first kappa shape index (κ1) is 13.3. The largest absolute Gasteiger partial charge is 0.373 e. The minimum Gasteiger partial charge on any atom is -0.373 e. The summed E-state index contributed by atoms with van der Waals surface area (Å²) in [6.45, 7) is 2.47. The number of nitriles is 1. The molecule has 0 radical (unpaired) electrons. The van der Waals surface area contributed by atoms with Crippen LogP contribution in [0.3, 0.4) is 0 Å². The Morgan fingerprint density at radius 3 is 2.60 bits per heavy atom. The molecule has 0 amide bonds. The van der Waals surface area contributed by atoms with Crippen molar-refractivity contribution in [2.24, 2.45) is 0 Å². The van der Waals surface area contributed by atoms with Gasteiger partial charge in [0.2, 0.25) is 0 Å². The third kappa shape index (κ3) is 2.13. The van der Waals surface area contributed by atoms with Crippen molar-refractivity contribution in [1.82, 2.24) is 4.90 Å². The van der Waals surface area contributed by atoms with Crippen LogP contribution in [-0.2, 0) is 4.74 Å². The second kappa shape index (κ2) is 5.00. The zero-order valence-corrected chi connectivity index (χ0v) is 11.1. The van der Waals surface area contributed by atoms with Crippen LogP contribution in [0.4, 0.5) is 14.5 Å². The van der Waals surface area contributed by atoms with Crippen LogP contribution in [0.1, 0.15) is 5.56 Å². The highest BCUT2D eigenvalue weighted by Crippen LogP contribution is 2.31. The zero-order valence-electron chi connectivity index (χ0n) is 11.1.